The standard InChI is InChI=1S/C22H21NO2/c1-17(18-9-4-2-5-10-18)16-23-22(24)21(15-20-13-8-14-25-20)19-11-6-3-7-12-19/h2-15,17H,16H2,1H3,(H,23,24)/b21-15+/t17-/m0/s1. The van der Waals surface area contributed by atoms with Crippen LogP contribution in [-0.4, -0.2) is 12.5 Å². The zero-order valence-corrected chi connectivity index (χ0v) is 14.2. The Balaban J connectivity index is 1.76. The molecule has 0 fully saturated rings. The number of rotatable bonds is 6. The predicted octanol–water partition coefficient (Wildman–Crippen LogP) is 4.74. The smallest absolute Gasteiger partial charge is 0.252 e. The zero-order valence-electron chi connectivity index (χ0n) is 14.2. The molecular weight excluding hydrogens is 310 g/mol. The van der Waals surface area contributed by atoms with Gasteiger partial charge in [-0.05, 0) is 35.3 Å². The van der Waals surface area contributed by atoms with E-state index in [1.165, 1.54) is 5.56 Å². The molecule has 3 heteroatoms. The molecule has 25 heavy (non-hydrogen) atoms. The van der Waals surface area contributed by atoms with Crippen molar-refractivity contribution >= 4 is 17.6 Å². The lowest BCUT2D eigenvalue weighted by atomic mass is 10.0. The molecular formula is C22H21NO2. The van der Waals surface area contributed by atoms with Crippen molar-refractivity contribution in [2.75, 3.05) is 6.54 Å². The van der Waals surface area contributed by atoms with Crippen LogP contribution in [0.3, 0.4) is 0 Å². The quantitative estimate of drug-likeness (QED) is 0.663. The number of benzene rings is 2. The fourth-order valence-electron chi connectivity index (χ4n) is 2.65. The Hall–Kier alpha value is -3.07. The Morgan fingerprint density at radius 1 is 1.00 bits per heavy atom. The minimum Gasteiger partial charge on any atom is -0.465 e. The number of nitrogens with one attached hydrogen (secondary N) is 1. The van der Waals surface area contributed by atoms with Crippen molar-refractivity contribution in [1.29, 1.82) is 0 Å². The number of hydrogen-bond acceptors (Lipinski definition) is 2. The highest BCUT2D eigenvalue weighted by atomic mass is 16.3. The number of amides is 1. The summed E-state index contributed by atoms with van der Waals surface area (Å²) in [6.07, 6.45) is 3.38. The average Bonchev–Trinajstić information content (AvgIpc) is 3.18. The minimum absolute atomic E-state index is 0.106. The van der Waals surface area contributed by atoms with Gasteiger partial charge in [0, 0.05) is 6.54 Å². The molecule has 0 radical (unpaired) electrons. The minimum atomic E-state index is -0.106. The lowest BCUT2D eigenvalue weighted by Gasteiger charge is -2.14. The summed E-state index contributed by atoms with van der Waals surface area (Å²) in [4.78, 5) is 12.8. The van der Waals surface area contributed by atoms with E-state index in [0.717, 1.165) is 5.56 Å². The first-order valence-corrected chi connectivity index (χ1v) is 8.38. The van der Waals surface area contributed by atoms with Gasteiger partial charge in [-0.25, -0.2) is 0 Å². The van der Waals surface area contributed by atoms with Gasteiger partial charge >= 0.3 is 0 Å². The Labute approximate surface area is 148 Å². The monoisotopic (exact) mass is 331 g/mol. The van der Waals surface area contributed by atoms with Gasteiger partial charge in [-0.3, -0.25) is 4.79 Å². The van der Waals surface area contributed by atoms with Crippen molar-refractivity contribution in [2.24, 2.45) is 0 Å². The van der Waals surface area contributed by atoms with E-state index < -0.39 is 0 Å². The Bertz CT molecular complexity index is 821. The molecule has 1 amide bonds. The van der Waals surface area contributed by atoms with E-state index in [2.05, 4.69) is 24.4 Å². The van der Waals surface area contributed by atoms with Crippen LogP contribution in [-0.2, 0) is 4.79 Å². The van der Waals surface area contributed by atoms with E-state index in [-0.39, 0.29) is 11.8 Å². The maximum Gasteiger partial charge on any atom is 0.252 e. The molecule has 0 spiro atoms. The molecule has 0 unspecified atom stereocenters. The normalized spacial score (nSPS) is 12.6. The highest BCUT2D eigenvalue weighted by Crippen LogP contribution is 2.20. The van der Waals surface area contributed by atoms with Crippen LogP contribution in [0.5, 0.6) is 0 Å². The topological polar surface area (TPSA) is 42.2 Å². The largest absolute Gasteiger partial charge is 0.465 e. The van der Waals surface area contributed by atoms with Crippen molar-refractivity contribution < 1.29 is 9.21 Å². The summed E-state index contributed by atoms with van der Waals surface area (Å²) >= 11 is 0. The first kappa shape index (κ1) is 16.8. The fourth-order valence-corrected chi connectivity index (χ4v) is 2.65. The van der Waals surface area contributed by atoms with Crippen LogP contribution in [0, 0.1) is 0 Å². The summed E-state index contributed by atoms with van der Waals surface area (Å²) in [5.41, 5.74) is 2.67. The van der Waals surface area contributed by atoms with Crippen LogP contribution in [0.2, 0.25) is 0 Å². The molecule has 1 aromatic heterocycles. The van der Waals surface area contributed by atoms with E-state index in [4.69, 9.17) is 4.42 Å². The average molecular weight is 331 g/mol. The van der Waals surface area contributed by atoms with Gasteiger partial charge in [-0.15, -0.1) is 0 Å². The molecule has 3 nitrogen and oxygen atoms in total. The summed E-state index contributed by atoms with van der Waals surface area (Å²) in [5, 5.41) is 3.04. The van der Waals surface area contributed by atoms with Crippen molar-refractivity contribution in [1.82, 2.24) is 5.32 Å². The van der Waals surface area contributed by atoms with Crippen LogP contribution < -0.4 is 5.32 Å². The first-order valence-electron chi connectivity index (χ1n) is 8.38. The molecule has 1 atom stereocenters. The molecule has 2 aromatic carbocycles. The lowest BCUT2D eigenvalue weighted by molar-refractivity contribution is -0.115. The lowest BCUT2D eigenvalue weighted by Crippen LogP contribution is -2.28. The van der Waals surface area contributed by atoms with Crippen LogP contribution in [0.25, 0.3) is 11.6 Å². The second kappa shape index (κ2) is 8.15. The third-order valence-corrected chi connectivity index (χ3v) is 4.10. The van der Waals surface area contributed by atoms with E-state index in [1.807, 2.05) is 60.7 Å². The number of carbonyl (C=O) groups excluding carboxylic acids is 1. The van der Waals surface area contributed by atoms with Crippen molar-refractivity contribution in [3.8, 4) is 0 Å². The number of furan rings is 1. The Kier molecular flexibility index (Phi) is 5.47. The number of carbonyl (C=O) groups is 1. The van der Waals surface area contributed by atoms with Crippen molar-refractivity contribution in [3.63, 3.8) is 0 Å². The van der Waals surface area contributed by atoms with E-state index in [0.29, 0.717) is 17.9 Å². The van der Waals surface area contributed by atoms with Crippen molar-refractivity contribution in [2.45, 2.75) is 12.8 Å². The molecule has 0 aliphatic rings. The summed E-state index contributed by atoms with van der Waals surface area (Å²) in [5.74, 6) is 0.793. The third-order valence-electron chi connectivity index (χ3n) is 4.10. The molecule has 0 saturated carbocycles. The zero-order chi connectivity index (χ0) is 17.5. The molecule has 0 aliphatic carbocycles. The highest BCUT2D eigenvalue weighted by Gasteiger charge is 2.14. The summed E-state index contributed by atoms with van der Waals surface area (Å²) < 4.78 is 5.37. The van der Waals surface area contributed by atoms with Crippen LogP contribution in [0.1, 0.15) is 29.7 Å². The molecule has 126 valence electrons. The van der Waals surface area contributed by atoms with Gasteiger partial charge in [0.15, 0.2) is 0 Å². The van der Waals surface area contributed by atoms with Gasteiger partial charge in [0.2, 0.25) is 0 Å². The van der Waals surface area contributed by atoms with Gasteiger partial charge < -0.3 is 9.73 Å². The Morgan fingerprint density at radius 2 is 1.68 bits per heavy atom. The molecule has 3 aromatic rings. The van der Waals surface area contributed by atoms with Gasteiger partial charge in [-0.1, -0.05) is 67.6 Å². The molecule has 0 aliphatic heterocycles. The highest BCUT2D eigenvalue weighted by molar-refractivity contribution is 6.24. The second-order valence-electron chi connectivity index (χ2n) is 5.96. The maximum absolute atomic E-state index is 12.8. The maximum atomic E-state index is 12.8. The van der Waals surface area contributed by atoms with Gasteiger partial charge in [0.05, 0.1) is 11.8 Å². The summed E-state index contributed by atoms with van der Waals surface area (Å²) in [6.45, 7) is 2.68. The predicted molar refractivity (Wildman–Crippen MR) is 101 cm³/mol. The third kappa shape index (κ3) is 4.48. The van der Waals surface area contributed by atoms with Gasteiger partial charge in [0.1, 0.15) is 5.76 Å². The molecule has 0 bridgehead atoms. The van der Waals surface area contributed by atoms with Gasteiger partial charge in [0.25, 0.3) is 5.91 Å². The van der Waals surface area contributed by atoms with Crippen LogP contribution in [0.15, 0.2) is 83.5 Å². The Morgan fingerprint density at radius 3 is 2.32 bits per heavy atom. The fraction of sp³-hybridized carbons (Fsp3) is 0.136. The molecule has 1 N–H and O–H groups in total. The van der Waals surface area contributed by atoms with E-state index >= 15 is 0 Å². The SMILES string of the molecule is C[C@@H](CNC(=O)/C(=C/c1ccco1)c1ccccc1)c1ccccc1. The summed E-state index contributed by atoms with van der Waals surface area (Å²) in [6, 6.07) is 23.5. The molecule has 0 saturated heterocycles. The van der Waals surface area contributed by atoms with Crippen LogP contribution >= 0.6 is 0 Å². The summed E-state index contributed by atoms with van der Waals surface area (Å²) in [7, 11) is 0. The second-order valence-corrected chi connectivity index (χ2v) is 5.96. The molecule has 1 heterocycles. The molecule has 3 rings (SSSR count). The van der Waals surface area contributed by atoms with Gasteiger partial charge in [-0.2, -0.15) is 0 Å². The van der Waals surface area contributed by atoms with E-state index in [9.17, 15) is 4.79 Å². The van der Waals surface area contributed by atoms with Crippen LogP contribution in [0.4, 0.5) is 0 Å². The first-order chi connectivity index (χ1) is 12.2. The van der Waals surface area contributed by atoms with E-state index in [1.54, 1.807) is 12.3 Å². The number of hydrogen-bond donors (Lipinski definition) is 1. The van der Waals surface area contributed by atoms with Crippen molar-refractivity contribution in [3.05, 3.63) is 95.9 Å².